The van der Waals surface area contributed by atoms with Gasteiger partial charge >= 0.3 is 17.2 Å². The van der Waals surface area contributed by atoms with Crippen molar-refractivity contribution in [1.82, 2.24) is 4.90 Å². The van der Waals surface area contributed by atoms with E-state index in [1.54, 1.807) is 13.8 Å². The fourth-order valence-electron chi connectivity index (χ4n) is 1.04. The lowest BCUT2D eigenvalue weighted by molar-refractivity contribution is -0.143. The normalized spacial score (nSPS) is 9.67. The Morgan fingerprint density at radius 1 is 0.944 bits per heavy atom. The summed E-state index contributed by atoms with van der Waals surface area (Å²) in [6, 6.07) is 0. The first-order valence-electron chi connectivity index (χ1n) is 5.78. The Balaban J connectivity index is 3.89. The maximum absolute atomic E-state index is 11.1. The van der Waals surface area contributed by atoms with Crippen LogP contribution in [0.4, 0.5) is 4.79 Å². The molecule has 0 aromatic rings. The Morgan fingerprint density at radius 2 is 1.33 bits per heavy atom. The van der Waals surface area contributed by atoms with Crippen LogP contribution < -0.4 is 0 Å². The molecule has 0 aliphatic carbocycles. The summed E-state index contributed by atoms with van der Waals surface area (Å²) in [6.07, 6.45) is 0.575. The lowest BCUT2D eigenvalue weighted by Gasteiger charge is -2.19. The van der Waals surface area contributed by atoms with Gasteiger partial charge in [0.1, 0.15) is 13.2 Å². The van der Waals surface area contributed by atoms with Gasteiger partial charge in [-0.2, -0.15) is 0 Å². The number of amides is 1. The van der Waals surface area contributed by atoms with Crippen molar-refractivity contribution in [3.8, 4) is 0 Å². The van der Waals surface area contributed by atoms with Crippen molar-refractivity contribution < 1.29 is 23.9 Å². The number of hydrogen-bond acceptors (Lipinski definition) is 5. The van der Waals surface area contributed by atoms with E-state index in [1.165, 1.54) is 4.90 Å². The molecule has 0 unspecified atom stereocenters. The van der Waals surface area contributed by atoms with Crippen LogP contribution in [0.25, 0.3) is 0 Å². The lowest BCUT2D eigenvalue weighted by Crippen LogP contribution is -2.34. The van der Waals surface area contributed by atoms with Crippen LogP contribution in [0.3, 0.4) is 0 Å². The molecule has 18 heavy (non-hydrogen) atoms. The van der Waals surface area contributed by atoms with Crippen LogP contribution in [-0.4, -0.2) is 48.4 Å². The molecule has 0 rings (SSSR count). The molecular weight excluding hydrogens is 258 g/mol. The third-order valence-electron chi connectivity index (χ3n) is 2.08. The van der Waals surface area contributed by atoms with Crippen LogP contribution >= 0.6 is 12.6 Å². The Hall–Kier alpha value is -1.37. The van der Waals surface area contributed by atoms with Crippen molar-refractivity contribution in [2.24, 2.45) is 0 Å². The standard InChI is InChI=1S/C11H18NO5S/c1-3-9(13)16-7-5-12(11(15)18)6-8-17-10(14)4-2/h3-8H2,1-2H3. The largest absolute Gasteiger partial charge is 0.464 e. The molecule has 0 bridgehead atoms. The van der Waals surface area contributed by atoms with Gasteiger partial charge in [-0.3, -0.25) is 14.4 Å². The van der Waals surface area contributed by atoms with Gasteiger partial charge in [-0.25, -0.2) is 0 Å². The summed E-state index contributed by atoms with van der Waals surface area (Å²) in [4.78, 5) is 34.2. The summed E-state index contributed by atoms with van der Waals surface area (Å²) in [6.45, 7) is 3.97. The van der Waals surface area contributed by atoms with E-state index in [-0.39, 0.29) is 51.1 Å². The first kappa shape index (κ1) is 16.6. The van der Waals surface area contributed by atoms with E-state index in [4.69, 9.17) is 9.47 Å². The topological polar surface area (TPSA) is 72.9 Å². The van der Waals surface area contributed by atoms with Gasteiger partial charge in [0.15, 0.2) is 0 Å². The molecule has 0 atom stereocenters. The molecule has 0 saturated carbocycles. The zero-order valence-corrected chi connectivity index (χ0v) is 11.5. The predicted molar refractivity (Wildman–Crippen MR) is 67.1 cm³/mol. The second kappa shape index (κ2) is 9.64. The van der Waals surface area contributed by atoms with Gasteiger partial charge in [-0.15, -0.1) is 0 Å². The van der Waals surface area contributed by atoms with Crippen LogP contribution in [0.5, 0.6) is 0 Å². The fraction of sp³-hybridized carbons (Fsp3) is 0.727. The van der Waals surface area contributed by atoms with Gasteiger partial charge < -0.3 is 14.4 Å². The van der Waals surface area contributed by atoms with Crippen LogP contribution in [0, 0.1) is 0 Å². The third kappa shape index (κ3) is 7.83. The number of hydrogen-bond donors (Lipinski definition) is 0. The molecule has 6 nitrogen and oxygen atoms in total. The average molecular weight is 276 g/mol. The second-order valence-corrected chi connectivity index (χ2v) is 3.75. The summed E-state index contributed by atoms with van der Waals surface area (Å²) in [5.41, 5.74) is 0. The highest BCUT2D eigenvalue weighted by Crippen LogP contribution is 1.97. The molecule has 0 spiro atoms. The monoisotopic (exact) mass is 276 g/mol. The smallest absolute Gasteiger partial charge is 0.313 e. The minimum atomic E-state index is -0.560. The fourth-order valence-corrected chi connectivity index (χ4v) is 1.22. The SMILES string of the molecule is CCC(=O)OCCN(CCOC(=O)CC)C(=O)[S]. The Morgan fingerprint density at radius 3 is 1.61 bits per heavy atom. The molecule has 0 aromatic carbocycles. The lowest BCUT2D eigenvalue weighted by atomic mass is 10.5. The van der Waals surface area contributed by atoms with Crippen LogP contribution in [-0.2, 0) is 19.1 Å². The maximum Gasteiger partial charge on any atom is 0.313 e. The van der Waals surface area contributed by atoms with E-state index in [1.807, 2.05) is 0 Å². The van der Waals surface area contributed by atoms with Crippen molar-refractivity contribution in [2.45, 2.75) is 26.7 Å². The van der Waals surface area contributed by atoms with E-state index in [9.17, 15) is 14.4 Å². The minimum Gasteiger partial charge on any atom is -0.464 e. The van der Waals surface area contributed by atoms with Crippen molar-refractivity contribution in [3.05, 3.63) is 0 Å². The molecule has 0 heterocycles. The molecule has 0 saturated heterocycles. The van der Waals surface area contributed by atoms with Crippen LogP contribution in [0.1, 0.15) is 26.7 Å². The molecule has 0 aliphatic rings. The molecule has 0 N–H and O–H groups in total. The van der Waals surface area contributed by atoms with Crippen molar-refractivity contribution in [2.75, 3.05) is 26.3 Å². The number of nitrogens with zero attached hydrogens (tertiary/aromatic N) is 1. The van der Waals surface area contributed by atoms with Gasteiger partial charge in [0.25, 0.3) is 0 Å². The summed E-state index contributed by atoms with van der Waals surface area (Å²) in [5, 5.41) is -0.560. The molecule has 1 radical (unpaired) electrons. The van der Waals surface area contributed by atoms with Gasteiger partial charge in [0.05, 0.1) is 13.1 Å². The zero-order valence-electron chi connectivity index (χ0n) is 10.6. The highest BCUT2D eigenvalue weighted by atomic mass is 32.1. The second-order valence-electron chi connectivity index (χ2n) is 3.40. The number of ether oxygens (including phenoxy) is 2. The van der Waals surface area contributed by atoms with E-state index in [0.717, 1.165) is 0 Å². The average Bonchev–Trinajstić information content (AvgIpc) is 2.35. The van der Waals surface area contributed by atoms with Gasteiger partial charge in [-0.05, 0) is 12.6 Å². The highest BCUT2D eigenvalue weighted by Gasteiger charge is 2.12. The molecule has 0 aromatic heterocycles. The van der Waals surface area contributed by atoms with Crippen molar-refractivity contribution in [3.63, 3.8) is 0 Å². The van der Waals surface area contributed by atoms with E-state index < -0.39 is 5.24 Å². The van der Waals surface area contributed by atoms with Crippen LogP contribution in [0.2, 0.25) is 0 Å². The first-order valence-corrected chi connectivity index (χ1v) is 6.19. The van der Waals surface area contributed by atoms with Crippen LogP contribution in [0.15, 0.2) is 0 Å². The molecule has 1 amide bonds. The molecule has 0 fully saturated rings. The Bertz CT molecular complexity index is 273. The highest BCUT2D eigenvalue weighted by molar-refractivity contribution is 7.96. The predicted octanol–water partition coefficient (Wildman–Crippen LogP) is 1.51. The van der Waals surface area contributed by atoms with Crippen molar-refractivity contribution >= 4 is 29.8 Å². The minimum absolute atomic E-state index is 0.0940. The number of rotatable bonds is 8. The third-order valence-corrected chi connectivity index (χ3v) is 2.34. The molecule has 7 heteroatoms. The summed E-state index contributed by atoms with van der Waals surface area (Å²) in [7, 11) is 0. The van der Waals surface area contributed by atoms with Crippen molar-refractivity contribution in [1.29, 1.82) is 0 Å². The van der Waals surface area contributed by atoms with E-state index in [0.29, 0.717) is 0 Å². The Kier molecular flexibility index (Phi) is 8.91. The number of carbonyl (C=O) groups excluding carboxylic acids is 3. The quantitative estimate of drug-likeness (QED) is 0.628. The number of esters is 2. The molecule has 103 valence electrons. The maximum atomic E-state index is 11.1. The van der Waals surface area contributed by atoms with E-state index >= 15 is 0 Å². The van der Waals surface area contributed by atoms with Gasteiger partial charge in [0, 0.05) is 12.8 Å². The first-order chi connectivity index (χ1) is 8.51. The summed E-state index contributed by atoms with van der Waals surface area (Å²) in [5.74, 6) is -0.659. The van der Waals surface area contributed by atoms with Gasteiger partial charge in [-0.1, -0.05) is 13.8 Å². The molecule has 0 aliphatic heterocycles. The van der Waals surface area contributed by atoms with Gasteiger partial charge in [0.2, 0.25) is 0 Å². The summed E-state index contributed by atoms with van der Waals surface area (Å²) >= 11 is 4.52. The zero-order chi connectivity index (χ0) is 14.0. The Labute approximate surface area is 112 Å². The van der Waals surface area contributed by atoms with E-state index in [2.05, 4.69) is 12.6 Å². The summed E-state index contributed by atoms with van der Waals surface area (Å²) < 4.78 is 9.67. The number of carbonyl (C=O) groups is 3. The molecular formula is C11H18NO5S.